The second-order valence-corrected chi connectivity index (χ2v) is 8.05. The molecule has 32 heavy (non-hydrogen) atoms. The van der Waals surface area contributed by atoms with Gasteiger partial charge in [0, 0.05) is 30.3 Å². The predicted molar refractivity (Wildman–Crippen MR) is 124 cm³/mol. The molecular formula is C25H26N2O5. The van der Waals surface area contributed by atoms with Crippen molar-refractivity contribution in [3.8, 4) is 17.1 Å². The zero-order valence-corrected chi connectivity index (χ0v) is 18.7. The van der Waals surface area contributed by atoms with Crippen molar-refractivity contribution in [1.29, 1.82) is 0 Å². The fraction of sp³-hybridized carbons (Fsp3) is 0.280. The summed E-state index contributed by atoms with van der Waals surface area (Å²) in [6, 6.07) is 13.4. The molecule has 0 radical (unpaired) electrons. The van der Waals surface area contributed by atoms with Crippen LogP contribution in [0.15, 0.2) is 56.1 Å². The molecule has 166 valence electrons. The monoisotopic (exact) mass is 434 g/mol. The lowest BCUT2D eigenvalue weighted by Gasteiger charge is -2.10. The van der Waals surface area contributed by atoms with Gasteiger partial charge in [-0.25, -0.2) is 4.79 Å². The third-order valence-corrected chi connectivity index (χ3v) is 5.35. The Bertz CT molecular complexity index is 1350. The summed E-state index contributed by atoms with van der Waals surface area (Å²) in [4.78, 5) is 27.3. The number of carbonyl (C=O) groups is 1. The summed E-state index contributed by atoms with van der Waals surface area (Å²) >= 11 is 0. The number of hydrogen-bond donors (Lipinski definition) is 1. The van der Waals surface area contributed by atoms with Crippen molar-refractivity contribution >= 4 is 27.6 Å². The van der Waals surface area contributed by atoms with E-state index in [1.807, 2.05) is 55.4 Å². The Labute approximate surface area is 185 Å². The molecule has 0 aliphatic heterocycles. The van der Waals surface area contributed by atoms with Crippen molar-refractivity contribution in [2.24, 2.45) is 0 Å². The minimum absolute atomic E-state index is 0.0181. The van der Waals surface area contributed by atoms with Crippen molar-refractivity contribution < 1.29 is 18.4 Å². The van der Waals surface area contributed by atoms with Crippen molar-refractivity contribution in [2.75, 3.05) is 34.3 Å². The van der Waals surface area contributed by atoms with Crippen LogP contribution in [0, 0.1) is 6.92 Å². The number of likely N-dealkylation sites (N-methyl/N-ethyl adjacent to an activating group) is 1. The summed E-state index contributed by atoms with van der Waals surface area (Å²) < 4.78 is 16.7. The second-order valence-electron chi connectivity index (χ2n) is 8.05. The van der Waals surface area contributed by atoms with Gasteiger partial charge in [0.25, 0.3) is 0 Å². The first kappa shape index (κ1) is 21.6. The number of hydrogen-bond acceptors (Lipinski definition) is 6. The third-order valence-electron chi connectivity index (χ3n) is 5.35. The maximum Gasteiger partial charge on any atom is 0.347 e. The minimum Gasteiger partial charge on any atom is -0.497 e. The lowest BCUT2D eigenvalue weighted by atomic mass is 10.0. The lowest BCUT2D eigenvalue weighted by molar-refractivity contribution is -0.120. The fourth-order valence-corrected chi connectivity index (χ4v) is 3.76. The topological polar surface area (TPSA) is 84.9 Å². The van der Waals surface area contributed by atoms with Gasteiger partial charge in [0.2, 0.25) is 5.91 Å². The molecule has 0 bridgehead atoms. The van der Waals surface area contributed by atoms with Crippen LogP contribution < -0.4 is 15.7 Å². The number of fused-ring (bicyclic) bond motifs is 2. The van der Waals surface area contributed by atoms with Crippen LogP contribution in [0.25, 0.3) is 33.1 Å². The van der Waals surface area contributed by atoms with Crippen LogP contribution in [0.5, 0.6) is 5.75 Å². The number of benzene rings is 2. The highest BCUT2D eigenvalue weighted by molar-refractivity contribution is 5.95. The SMILES string of the molecule is COc1ccc2cc(-c3oc4cc(C)oc(=O)c4c3CC(=O)NCCN(C)C)ccc2c1. The zero-order valence-electron chi connectivity index (χ0n) is 18.7. The van der Waals surface area contributed by atoms with Gasteiger partial charge >= 0.3 is 5.63 Å². The summed E-state index contributed by atoms with van der Waals surface area (Å²) in [5.41, 5.74) is 1.23. The molecule has 2 aromatic carbocycles. The van der Waals surface area contributed by atoms with E-state index in [0.717, 1.165) is 28.6 Å². The molecule has 0 fully saturated rings. The highest BCUT2D eigenvalue weighted by Gasteiger charge is 2.22. The van der Waals surface area contributed by atoms with Crippen LogP contribution in [0.1, 0.15) is 11.3 Å². The van der Waals surface area contributed by atoms with E-state index in [1.54, 1.807) is 20.1 Å². The van der Waals surface area contributed by atoms with Gasteiger partial charge in [-0.2, -0.15) is 0 Å². The smallest absolute Gasteiger partial charge is 0.347 e. The van der Waals surface area contributed by atoms with E-state index in [1.165, 1.54) is 0 Å². The Kier molecular flexibility index (Phi) is 6.01. The van der Waals surface area contributed by atoms with Crippen LogP contribution in [-0.2, 0) is 11.2 Å². The van der Waals surface area contributed by atoms with Crippen LogP contribution in [0.3, 0.4) is 0 Å². The molecule has 0 unspecified atom stereocenters. The first-order valence-corrected chi connectivity index (χ1v) is 10.4. The van der Waals surface area contributed by atoms with Gasteiger partial charge in [-0.05, 0) is 50.0 Å². The van der Waals surface area contributed by atoms with Crippen LogP contribution in [0.2, 0.25) is 0 Å². The van der Waals surface area contributed by atoms with Crippen LogP contribution >= 0.6 is 0 Å². The molecule has 4 rings (SSSR count). The molecule has 1 N–H and O–H groups in total. The van der Waals surface area contributed by atoms with E-state index in [4.69, 9.17) is 13.6 Å². The van der Waals surface area contributed by atoms with E-state index in [0.29, 0.717) is 34.6 Å². The summed E-state index contributed by atoms with van der Waals surface area (Å²) in [6.45, 7) is 2.93. The normalized spacial score (nSPS) is 11.4. The largest absolute Gasteiger partial charge is 0.497 e. The highest BCUT2D eigenvalue weighted by atomic mass is 16.5. The molecule has 0 aliphatic carbocycles. The van der Waals surface area contributed by atoms with E-state index in [-0.39, 0.29) is 12.3 Å². The van der Waals surface area contributed by atoms with Gasteiger partial charge in [-0.1, -0.05) is 18.2 Å². The zero-order chi connectivity index (χ0) is 22.8. The Morgan fingerprint density at radius 2 is 1.81 bits per heavy atom. The molecule has 1 amide bonds. The molecular weight excluding hydrogens is 408 g/mol. The number of aryl methyl sites for hydroxylation is 1. The fourth-order valence-electron chi connectivity index (χ4n) is 3.76. The van der Waals surface area contributed by atoms with Gasteiger partial charge in [-0.3, -0.25) is 4.79 Å². The first-order valence-electron chi connectivity index (χ1n) is 10.4. The standard InChI is InChI=1S/C25H26N2O5/c1-15-11-21-23(25(29)31-15)20(14-22(28)26-9-10-27(2)3)24(32-21)18-6-5-17-13-19(30-4)8-7-16(17)12-18/h5-8,11-13H,9-10,14H2,1-4H3,(H,26,28). The predicted octanol–water partition coefficient (Wildman–Crippen LogP) is 3.74. The maximum atomic E-state index is 12.7. The molecule has 7 nitrogen and oxygen atoms in total. The molecule has 0 saturated carbocycles. The van der Waals surface area contributed by atoms with Crippen molar-refractivity contribution in [3.05, 3.63) is 64.2 Å². The third kappa shape index (κ3) is 4.38. The van der Waals surface area contributed by atoms with E-state index < -0.39 is 5.63 Å². The average molecular weight is 434 g/mol. The highest BCUT2D eigenvalue weighted by Crippen LogP contribution is 2.35. The Balaban J connectivity index is 1.79. The summed E-state index contributed by atoms with van der Waals surface area (Å²) in [6.07, 6.45) is 0.0181. The number of amides is 1. The number of carbonyl (C=O) groups excluding carboxylic acids is 1. The minimum atomic E-state index is -0.503. The second kappa shape index (κ2) is 8.88. The Morgan fingerprint density at radius 1 is 1.06 bits per heavy atom. The number of nitrogens with one attached hydrogen (secondary N) is 1. The number of nitrogens with zero attached hydrogens (tertiary/aromatic N) is 1. The molecule has 2 aromatic heterocycles. The molecule has 7 heteroatoms. The summed E-state index contributed by atoms with van der Waals surface area (Å²) in [7, 11) is 5.51. The first-order chi connectivity index (χ1) is 15.4. The van der Waals surface area contributed by atoms with Gasteiger partial charge < -0.3 is 23.8 Å². The number of furan rings is 1. The van der Waals surface area contributed by atoms with Crippen molar-refractivity contribution in [3.63, 3.8) is 0 Å². The van der Waals surface area contributed by atoms with Crippen molar-refractivity contribution in [1.82, 2.24) is 10.2 Å². The molecule has 0 atom stereocenters. The van der Waals surface area contributed by atoms with Gasteiger partial charge in [-0.15, -0.1) is 0 Å². The molecule has 0 aliphatic rings. The van der Waals surface area contributed by atoms with Gasteiger partial charge in [0.1, 0.15) is 28.2 Å². The molecule has 2 heterocycles. The number of methoxy groups -OCH3 is 1. The van der Waals surface area contributed by atoms with E-state index in [9.17, 15) is 9.59 Å². The molecule has 0 spiro atoms. The average Bonchev–Trinajstić information content (AvgIpc) is 3.10. The van der Waals surface area contributed by atoms with Gasteiger partial charge in [0.05, 0.1) is 13.5 Å². The molecule has 4 aromatic rings. The maximum absolute atomic E-state index is 12.7. The number of ether oxygens (including phenoxy) is 1. The van der Waals surface area contributed by atoms with Gasteiger partial charge in [0.15, 0.2) is 0 Å². The van der Waals surface area contributed by atoms with Crippen molar-refractivity contribution in [2.45, 2.75) is 13.3 Å². The number of rotatable bonds is 7. The quantitative estimate of drug-likeness (QED) is 0.477. The Morgan fingerprint density at radius 3 is 2.56 bits per heavy atom. The Hall–Kier alpha value is -3.58. The van der Waals surface area contributed by atoms with Crippen LogP contribution in [0.4, 0.5) is 0 Å². The van der Waals surface area contributed by atoms with E-state index in [2.05, 4.69) is 5.32 Å². The lowest BCUT2D eigenvalue weighted by Crippen LogP contribution is -2.32. The summed E-state index contributed by atoms with van der Waals surface area (Å²) in [5.74, 6) is 1.55. The van der Waals surface area contributed by atoms with Crippen LogP contribution in [-0.4, -0.2) is 45.1 Å². The molecule has 0 saturated heterocycles. The van der Waals surface area contributed by atoms with E-state index >= 15 is 0 Å². The summed E-state index contributed by atoms with van der Waals surface area (Å²) in [5, 5.41) is 5.22.